The summed E-state index contributed by atoms with van der Waals surface area (Å²) in [5, 5.41) is 0. The second kappa shape index (κ2) is 7.18. The molecule has 0 saturated carbocycles. The Hall–Kier alpha value is -0.200. The van der Waals surface area contributed by atoms with Crippen LogP contribution < -0.4 is 10.5 Å². The molecule has 0 aliphatic carbocycles. The van der Waals surface area contributed by atoms with E-state index in [1.54, 1.807) is 0 Å². The summed E-state index contributed by atoms with van der Waals surface area (Å²) in [4.78, 5) is 0.685. The fourth-order valence-corrected chi connectivity index (χ4v) is 4.77. The molecule has 0 atom stereocenters. The summed E-state index contributed by atoms with van der Waals surface area (Å²) >= 11 is 4.29. The van der Waals surface area contributed by atoms with Crippen LogP contribution in [0.3, 0.4) is 0 Å². The van der Waals surface area contributed by atoms with Crippen molar-refractivity contribution < 1.29 is 26.3 Å². The topological polar surface area (TPSA) is 81.4 Å². The van der Waals surface area contributed by atoms with Crippen molar-refractivity contribution in [3.63, 3.8) is 0 Å². The summed E-state index contributed by atoms with van der Waals surface area (Å²) < 4.78 is 66.0. The van der Waals surface area contributed by atoms with Crippen LogP contribution in [0.2, 0.25) is 0 Å². The van der Waals surface area contributed by atoms with Crippen molar-refractivity contribution >= 4 is 37.3 Å². The molecule has 0 amide bonds. The molecule has 5 nitrogen and oxygen atoms in total. The summed E-state index contributed by atoms with van der Waals surface area (Å²) in [5.41, 5.74) is 5.40. The zero-order valence-electron chi connectivity index (χ0n) is 10.0. The van der Waals surface area contributed by atoms with Gasteiger partial charge in [0.25, 0.3) is 0 Å². The van der Waals surface area contributed by atoms with Crippen molar-refractivity contribution in [1.82, 2.24) is 4.72 Å². The van der Waals surface area contributed by atoms with Gasteiger partial charge in [-0.2, -0.15) is 13.2 Å². The summed E-state index contributed by atoms with van der Waals surface area (Å²) in [6.45, 7) is -1.83. The number of ether oxygens (including phenoxy) is 1. The van der Waals surface area contributed by atoms with Gasteiger partial charge in [-0.3, -0.25) is 0 Å². The molecule has 1 aromatic rings. The fourth-order valence-electron chi connectivity index (χ4n) is 1.20. The first-order valence-electron chi connectivity index (χ1n) is 5.28. The lowest BCUT2D eigenvalue weighted by Crippen LogP contribution is -2.29. The molecule has 0 fully saturated rings. The summed E-state index contributed by atoms with van der Waals surface area (Å²) in [6, 6.07) is 1.41. The molecule has 0 aliphatic rings. The molecule has 1 aromatic heterocycles. The Morgan fingerprint density at radius 2 is 2.10 bits per heavy atom. The Morgan fingerprint density at radius 3 is 2.60 bits per heavy atom. The Labute approximate surface area is 126 Å². The van der Waals surface area contributed by atoms with Crippen LogP contribution in [0.4, 0.5) is 13.2 Å². The second-order valence-electron chi connectivity index (χ2n) is 3.62. The van der Waals surface area contributed by atoms with Crippen molar-refractivity contribution in [2.24, 2.45) is 5.73 Å². The Kier molecular flexibility index (Phi) is 6.41. The lowest BCUT2D eigenvalue weighted by Gasteiger charge is -2.08. The number of halogens is 4. The molecule has 0 saturated heterocycles. The second-order valence-corrected chi connectivity index (χ2v) is 7.81. The largest absolute Gasteiger partial charge is 0.411 e. The maximum Gasteiger partial charge on any atom is 0.411 e. The van der Waals surface area contributed by atoms with Gasteiger partial charge in [0, 0.05) is 18.0 Å². The van der Waals surface area contributed by atoms with Crippen molar-refractivity contribution in [2.75, 3.05) is 19.8 Å². The van der Waals surface area contributed by atoms with Crippen LogP contribution in [-0.2, 0) is 21.3 Å². The van der Waals surface area contributed by atoms with E-state index < -0.39 is 22.8 Å². The number of nitrogens with two attached hydrogens (primary N) is 1. The monoisotopic (exact) mass is 396 g/mol. The van der Waals surface area contributed by atoms with Crippen LogP contribution in [0.5, 0.6) is 0 Å². The van der Waals surface area contributed by atoms with Gasteiger partial charge in [0.15, 0.2) is 0 Å². The molecule has 1 rings (SSSR count). The van der Waals surface area contributed by atoms with E-state index in [9.17, 15) is 21.6 Å². The molecule has 0 radical (unpaired) electrons. The Bertz CT molecular complexity index is 545. The highest BCUT2D eigenvalue weighted by Gasteiger charge is 2.27. The average molecular weight is 397 g/mol. The number of nitrogens with one attached hydrogen (secondary N) is 1. The van der Waals surface area contributed by atoms with Crippen LogP contribution in [0, 0.1) is 0 Å². The van der Waals surface area contributed by atoms with E-state index in [1.165, 1.54) is 17.4 Å². The standard InChI is InChI=1S/C9H12BrF3N2O3S2/c10-8-7(3-6(4-14)19-8)20(16,17)15-1-2-18-5-9(11,12)13/h3,15H,1-2,4-5,14H2. The van der Waals surface area contributed by atoms with E-state index in [4.69, 9.17) is 5.73 Å². The van der Waals surface area contributed by atoms with Crippen LogP contribution in [0.15, 0.2) is 14.7 Å². The minimum Gasteiger partial charge on any atom is -0.371 e. The quantitative estimate of drug-likeness (QED) is 0.688. The highest BCUT2D eigenvalue weighted by atomic mass is 79.9. The molecule has 0 spiro atoms. The minimum absolute atomic E-state index is 0.0128. The SMILES string of the molecule is NCc1cc(S(=O)(=O)NCCOCC(F)(F)F)c(Br)s1. The molecular formula is C9H12BrF3N2O3S2. The van der Waals surface area contributed by atoms with Gasteiger partial charge >= 0.3 is 6.18 Å². The fraction of sp³-hybridized carbons (Fsp3) is 0.556. The molecule has 0 aliphatic heterocycles. The number of rotatable bonds is 7. The molecule has 1 heterocycles. The molecule has 20 heavy (non-hydrogen) atoms. The predicted octanol–water partition coefficient (Wildman–Crippen LogP) is 1.83. The first-order chi connectivity index (χ1) is 9.15. The Balaban J connectivity index is 2.51. The molecular weight excluding hydrogens is 385 g/mol. The van der Waals surface area contributed by atoms with E-state index in [2.05, 4.69) is 25.4 Å². The molecule has 0 bridgehead atoms. The van der Waals surface area contributed by atoms with Gasteiger partial charge in [0.05, 0.1) is 10.4 Å². The Morgan fingerprint density at radius 1 is 1.45 bits per heavy atom. The van der Waals surface area contributed by atoms with E-state index in [1.807, 2.05) is 0 Å². The van der Waals surface area contributed by atoms with Gasteiger partial charge in [0.2, 0.25) is 10.0 Å². The maximum absolute atomic E-state index is 11.9. The van der Waals surface area contributed by atoms with Crippen LogP contribution >= 0.6 is 27.3 Å². The zero-order valence-corrected chi connectivity index (χ0v) is 13.3. The van der Waals surface area contributed by atoms with Gasteiger partial charge in [-0.1, -0.05) is 0 Å². The summed E-state index contributed by atoms with van der Waals surface area (Å²) in [6.07, 6.45) is -4.43. The maximum atomic E-state index is 11.9. The summed E-state index contributed by atoms with van der Waals surface area (Å²) in [7, 11) is -3.80. The first kappa shape index (κ1) is 17.9. The van der Waals surface area contributed by atoms with E-state index in [0.29, 0.717) is 8.66 Å². The highest BCUT2D eigenvalue weighted by molar-refractivity contribution is 9.11. The minimum atomic E-state index is -4.43. The van der Waals surface area contributed by atoms with Gasteiger partial charge in [-0.25, -0.2) is 13.1 Å². The molecule has 0 aromatic carbocycles. The van der Waals surface area contributed by atoms with Crippen molar-refractivity contribution in [2.45, 2.75) is 17.6 Å². The number of hydrogen-bond donors (Lipinski definition) is 2. The third-order valence-electron chi connectivity index (χ3n) is 2.00. The van der Waals surface area contributed by atoms with E-state index in [0.717, 1.165) is 0 Å². The first-order valence-corrected chi connectivity index (χ1v) is 8.37. The normalized spacial score (nSPS) is 12.8. The van der Waals surface area contributed by atoms with Crippen molar-refractivity contribution in [1.29, 1.82) is 0 Å². The number of hydrogen-bond acceptors (Lipinski definition) is 5. The van der Waals surface area contributed by atoms with Crippen molar-refractivity contribution in [3.05, 3.63) is 14.7 Å². The lowest BCUT2D eigenvalue weighted by atomic mass is 10.5. The van der Waals surface area contributed by atoms with E-state index >= 15 is 0 Å². The highest BCUT2D eigenvalue weighted by Crippen LogP contribution is 2.31. The van der Waals surface area contributed by atoms with Crippen LogP contribution in [-0.4, -0.2) is 34.4 Å². The van der Waals surface area contributed by atoms with Crippen LogP contribution in [0.1, 0.15) is 4.88 Å². The predicted molar refractivity (Wildman–Crippen MR) is 72.0 cm³/mol. The molecule has 3 N–H and O–H groups in total. The van der Waals surface area contributed by atoms with Crippen molar-refractivity contribution in [3.8, 4) is 0 Å². The smallest absolute Gasteiger partial charge is 0.371 e. The lowest BCUT2D eigenvalue weighted by molar-refractivity contribution is -0.173. The van der Waals surface area contributed by atoms with Gasteiger partial charge in [0.1, 0.15) is 11.5 Å². The van der Waals surface area contributed by atoms with E-state index in [-0.39, 0.29) is 24.6 Å². The zero-order chi connectivity index (χ0) is 15.4. The number of alkyl halides is 3. The number of sulfonamides is 1. The molecule has 11 heteroatoms. The third-order valence-corrected chi connectivity index (χ3v) is 5.74. The van der Waals surface area contributed by atoms with Gasteiger partial charge < -0.3 is 10.5 Å². The van der Waals surface area contributed by atoms with Gasteiger partial charge in [-0.15, -0.1) is 11.3 Å². The summed E-state index contributed by atoms with van der Waals surface area (Å²) in [5.74, 6) is 0. The average Bonchev–Trinajstić information content (AvgIpc) is 2.69. The molecule has 116 valence electrons. The molecule has 0 unspecified atom stereocenters. The van der Waals surface area contributed by atoms with Crippen LogP contribution in [0.25, 0.3) is 0 Å². The van der Waals surface area contributed by atoms with Gasteiger partial charge in [-0.05, 0) is 22.0 Å². The number of thiophene rings is 1. The third kappa shape index (κ3) is 5.66.